The maximum atomic E-state index is 13.8. The summed E-state index contributed by atoms with van der Waals surface area (Å²) in [6, 6.07) is 11.7. The lowest BCUT2D eigenvalue weighted by molar-refractivity contribution is 0.0277. The molecule has 0 radical (unpaired) electrons. The predicted octanol–water partition coefficient (Wildman–Crippen LogP) is 1.73. The van der Waals surface area contributed by atoms with Gasteiger partial charge in [0.05, 0.1) is 42.7 Å². The van der Waals surface area contributed by atoms with E-state index in [1.807, 2.05) is 36.4 Å². The summed E-state index contributed by atoms with van der Waals surface area (Å²) in [7, 11) is 1.71. The first-order valence-corrected chi connectivity index (χ1v) is 12.5. The van der Waals surface area contributed by atoms with Gasteiger partial charge in [-0.05, 0) is 36.2 Å². The molecule has 2 aliphatic heterocycles. The minimum atomic E-state index is -0.998. The molecule has 0 amide bonds. The Labute approximate surface area is 212 Å². The second kappa shape index (κ2) is 9.58. The molecule has 2 aliphatic rings. The van der Waals surface area contributed by atoms with Crippen LogP contribution in [0.1, 0.15) is 40.4 Å². The zero-order chi connectivity index (χ0) is 25.5. The van der Waals surface area contributed by atoms with Gasteiger partial charge in [0.2, 0.25) is 0 Å². The minimum Gasteiger partial charge on any atom is -0.477 e. The van der Waals surface area contributed by atoms with Crippen LogP contribution in [0.3, 0.4) is 0 Å². The van der Waals surface area contributed by atoms with Crippen molar-refractivity contribution in [2.75, 3.05) is 32.8 Å². The van der Waals surface area contributed by atoms with Gasteiger partial charge in [0.25, 0.3) is 0 Å². The summed E-state index contributed by atoms with van der Waals surface area (Å²) in [4.78, 5) is 36.2. The van der Waals surface area contributed by atoms with Crippen molar-refractivity contribution in [3.8, 4) is 5.69 Å². The molecule has 192 valence electrons. The fourth-order valence-corrected chi connectivity index (χ4v) is 5.41. The van der Waals surface area contributed by atoms with Gasteiger partial charge in [0, 0.05) is 39.4 Å². The van der Waals surface area contributed by atoms with E-state index in [-0.39, 0.29) is 23.5 Å². The molecule has 11 heteroatoms. The van der Waals surface area contributed by atoms with Crippen LogP contribution in [0.5, 0.6) is 0 Å². The van der Waals surface area contributed by atoms with Crippen molar-refractivity contribution < 1.29 is 14.6 Å². The first-order valence-electron chi connectivity index (χ1n) is 12.5. The molecule has 2 saturated heterocycles. The average Bonchev–Trinajstić information content (AvgIpc) is 3.60. The number of morpholine rings is 1. The van der Waals surface area contributed by atoms with E-state index in [9.17, 15) is 14.7 Å². The highest BCUT2D eigenvalue weighted by Gasteiger charge is 2.30. The number of carboxylic acids is 1. The summed E-state index contributed by atoms with van der Waals surface area (Å²) >= 11 is 0. The molecule has 37 heavy (non-hydrogen) atoms. The lowest BCUT2D eigenvalue weighted by Crippen LogP contribution is -2.33. The van der Waals surface area contributed by atoms with Gasteiger partial charge in [-0.15, -0.1) is 0 Å². The fraction of sp³-hybridized carbons (Fsp3) is 0.385. The van der Waals surface area contributed by atoms with Gasteiger partial charge in [-0.3, -0.25) is 14.0 Å². The van der Waals surface area contributed by atoms with Crippen LogP contribution < -0.4 is 11.0 Å². The average molecular weight is 504 g/mol. The number of carbonyl (C=O) groups is 1. The first-order chi connectivity index (χ1) is 18.0. The number of nitrogens with one attached hydrogen (secondary N) is 1. The molecule has 2 N–H and O–H groups in total. The lowest BCUT2D eigenvalue weighted by atomic mass is 10.1. The normalized spacial score (nSPS) is 20.6. The number of imidazole rings is 2. The summed E-state index contributed by atoms with van der Waals surface area (Å²) in [5, 5.41) is 12.7. The van der Waals surface area contributed by atoms with Crippen molar-refractivity contribution in [1.82, 2.24) is 33.9 Å². The Kier molecular flexibility index (Phi) is 6.11. The van der Waals surface area contributed by atoms with Crippen molar-refractivity contribution in [2.45, 2.75) is 25.1 Å². The molecule has 0 bridgehead atoms. The Morgan fingerprint density at radius 2 is 2.05 bits per heavy atom. The van der Waals surface area contributed by atoms with Crippen molar-refractivity contribution in [3.63, 3.8) is 0 Å². The third-order valence-electron chi connectivity index (χ3n) is 7.36. The van der Waals surface area contributed by atoms with Crippen LogP contribution in [0.15, 0.2) is 53.6 Å². The molecular formula is C26H29N7O4. The molecule has 2 atom stereocenters. The highest BCUT2D eigenvalue weighted by atomic mass is 16.5. The van der Waals surface area contributed by atoms with Crippen molar-refractivity contribution in [2.24, 2.45) is 7.05 Å². The third kappa shape index (κ3) is 4.24. The molecule has 1 aromatic carbocycles. The Morgan fingerprint density at radius 3 is 2.78 bits per heavy atom. The number of ether oxygens (including phenoxy) is 1. The van der Waals surface area contributed by atoms with E-state index in [1.54, 1.807) is 26.9 Å². The standard InChI is InChI=1S/C26H29N7O4/c1-30-21(25(34)35)13-29-23(30)16-31-11-8-19(15-31)33-24-20(3-2-9-28-24)32(26(33)36)18-6-4-17(5-7-18)22-14-27-10-12-37-22/h2-7,9,13,19,22,27H,8,10-12,14-16H2,1H3,(H,34,35)/t19-,22?/m0/s1. The van der Waals surface area contributed by atoms with Crippen molar-refractivity contribution in [1.29, 1.82) is 0 Å². The number of rotatable bonds is 6. The second-order valence-electron chi connectivity index (χ2n) is 9.59. The molecule has 0 aliphatic carbocycles. The lowest BCUT2D eigenvalue weighted by Gasteiger charge is -2.24. The van der Waals surface area contributed by atoms with Gasteiger partial charge in [0.1, 0.15) is 11.5 Å². The number of fused-ring (bicyclic) bond motifs is 1. The number of hydrogen-bond donors (Lipinski definition) is 2. The number of benzene rings is 1. The van der Waals surface area contributed by atoms with E-state index in [4.69, 9.17) is 4.74 Å². The van der Waals surface area contributed by atoms with Crippen LogP contribution in [0.4, 0.5) is 0 Å². The Bertz CT molecular complexity index is 1500. The minimum absolute atomic E-state index is 0.0114. The van der Waals surface area contributed by atoms with Crippen molar-refractivity contribution >= 4 is 17.1 Å². The third-order valence-corrected chi connectivity index (χ3v) is 7.36. The SMILES string of the molecule is Cn1c(C(=O)O)cnc1CN1CC[C@H](n2c(=O)n(-c3ccc(C4CNCCO4)cc3)c3cccnc32)C1. The topological polar surface area (TPSA) is 119 Å². The number of aromatic nitrogens is 5. The zero-order valence-corrected chi connectivity index (χ0v) is 20.6. The molecule has 5 heterocycles. The Balaban J connectivity index is 1.28. The van der Waals surface area contributed by atoms with Crippen LogP contribution in [-0.2, 0) is 18.3 Å². The van der Waals surface area contributed by atoms with E-state index in [1.165, 1.54) is 6.20 Å². The van der Waals surface area contributed by atoms with Crippen LogP contribution in [-0.4, -0.2) is 72.4 Å². The van der Waals surface area contributed by atoms with Gasteiger partial charge in [-0.25, -0.2) is 19.6 Å². The van der Waals surface area contributed by atoms with Gasteiger partial charge < -0.3 is 19.7 Å². The van der Waals surface area contributed by atoms with Gasteiger partial charge in [-0.2, -0.15) is 0 Å². The Morgan fingerprint density at radius 1 is 1.22 bits per heavy atom. The quantitative estimate of drug-likeness (QED) is 0.408. The summed E-state index contributed by atoms with van der Waals surface area (Å²) in [5.41, 5.74) is 3.34. The van der Waals surface area contributed by atoms with Crippen LogP contribution in [0, 0.1) is 0 Å². The Hall–Kier alpha value is -3.80. The number of hydrogen-bond acceptors (Lipinski definition) is 7. The maximum Gasteiger partial charge on any atom is 0.354 e. The van der Waals surface area contributed by atoms with Crippen LogP contribution >= 0.6 is 0 Å². The summed E-state index contributed by atoms with van der Waals surface area (Å²) in [6.45, 7) is 4.26. The van der Waals surface area contributed by atoms with E-state index in [0.29, 0.717) is 31.2 Å². The number of carboxylic acid groups (broad SMARTS) is 1. The number of pyridine rings is 1. The molecule has 11 nitrogen and oxygen atoms in total. The monoisotopic (exact) mass is 503 g/mol. The first kappa shape index (κ1) is 23.6. The predicted molar refractivity (Wildman–Crippen MR) is 136 cm³/mol. The molecule has 3 aromatic heterocycles. The van der Waals surface area contributed by atoms with E-state index in [0.717, 1.165) is 42.8 Å². The summed E-state index contributed by atoms with van der Waals surface area (Å²) in [5.74, 6) is -0.315. The molecule has 6 rings (SSSR count). The molecule has 4 aromatic rings. The molecular weight excluding hydrogens is 474 g/mol. The molecule has 2 fully saturated rings. The molecule has 0 spiro atoms. The van der Waals surface area contributed by atoms with Crippen molar-refractivity contribution in [3.05, 3.63) is 76.4 Å². The largest absolute Gasteiger partial charge is 0.477 e. The number of aromatic carboxylic acids is 1. The maximum absolute atomic E-state index is 13.8. The van der Waals surface area contributed by atoms with Gasteiger partial charge >= 0.3 is 11.7 Å². The fourth-order valence-electron chi connectivity index (χ4n) is 5.41. The number of nitrogens with zero attached hydrogens (tertiary/aromatic N) is 6. The number of likely N-dealkylation sites (tertiary alicyclic amines) is 1. The van der Waals surface area contributed by atoms with Crippen LogP contribution in [0.2, 0.25) is 0 Å². The second-order valence-corrected chi connectivity index (χ2v) is 9.59. The molecule has 0 saturated carbocycles. The van der Waals surface area contributed by atoms with E-state index >= 15 is 0 Å². The van der Waals surface area contributed by atoms with E-state index in [2.05, 4.69) is 20.2 Å². The smallest absolute Gasteiger partial charge is 0.354 e. The van der Waals surface area contributed by atoms with Gasteiger partial charge in [-0.1, -0.05) is 12.1 Å². The van der Waals surface area contributed by atoms with Gasteiger partial charge in [0.15, 0.2) is 5.65 Å². The summed E-state index contributed by atoms with van der Waals surface area (Å²) < 4.78 is 11.0. The highest BCUT2D eigenvalue weighted by Crippen LogP contribution is 2.27. The zero-order valence-electron chi connectivity index (χ0n) is 20.6. The highest BCUT2D eigenvalue weighted by molar-refractivity contribution is 5.85. The molecule has 1 unspecified atom stereocenters. The van der Waals surface area contributed by atoms with Crippen LogP contribution in [0.25, 0.3) is 16.9 Å². The van der Waals surface area contributed by atoms with E-state index < -0.39 is 5.97 Å². The summed E-state index contributed by atoms with van der Waals surface area (Å²) in [6.07, 6.45) is 3.90.